The maximum absolute atomic E-state index is 11.6. The third kappa shape index (κ3) is 7.17. The van der Waals surface area contributed by atoms with Crippen molar-refractivity contribution in [3.8, 4) is 17.0 Å². The van der Waals surface area contributed by atoms with Crippen LogP contribution in [0.3, 0.4) is 0 Å². The minimum absolute atomic E-state index is 0.110. The van der Waals surface area contributed by atoms with E-state index in [4.69, 9.17) is 30.8 Å². The van der Waals surface area contributed by atoms with Crippen LogP contribution in [0.2, 0.25) is 5.02 Å². The zero-order valence-corrected chi connectivity index (χ0v) is 19.8. The molecule has 7 nitrogen and oxygen atoms in total. The van der Waals surface area contributed by atoms with E-state index in [-0.39, 0.29) is 12.6 Å². The Morgan fingerprint density at radius 3 is 2.61 bits per heavy atom. The molecule has 0 saturated carbocycles. The molecule has 0 radical (unpaired) electrons. The fourth-order valence-electron chi connectivity index (χ4n) is 3.28. The molecule has 0 spiro atoms. The van der Waals surface area contributed by atoms with E-state index in [2.05, 4.69) is 9.88 Å². The monoisotopic (exact) mass is 469 g/mol. The number of aromatic nitrogens is 2. The first kappa shape index (κ1) is 24.5. The molecule has 0 aliphatic heterocycles. The number of hydrogen-bond acceptors (Lipinski definition) is 7. The van der Waals surface area contributed by atoms with Gasteiger partial charge >= 0.3 is 5.97 Å². The minimum atomic E-state index is -0.383. The molecule has 0 unspecified atom stereocenters. The van der Waals surface area contributed by atoms with Crippen molar-refractivity contribution in [3.63, 3.8) is 0 Å². The summed E-state index contributed by atoms with van der Waals surface area (Å²) >= 11 is 6.01. The lowest BCUT2D eigenvalue weighted by Gasteiger charge is -2.24. The Morgan fingerprint density at radius 2 is 1.91 bits per heavy atom. The summed E-state index contributed by atoms with van der Waals surface area (Å²) in [7, 11) is 1.67. The molecule has 174 valence electrons. The molecule has 3 aromatic rings. The van der Waals surface area contributed by atoms with Gasteiger partial charge in [0.15, 0.2) is 6.61 Å². The van der Waals surface area contributed by atoms with Gasteiger partial charge in [-0.05, 0) is 43.2 Å². The number of aryl methyl sites for hydroxylation is 1. The first-order valence-corrected chi connectivity index (χ1v) is 11.1. The number of hydrogen-bond donors (Lipinski definition) is 0. The van der Waals surface area contributed by atoms with Crippen molar-refractivity contribution in [2.45, 2.75) is 20.4 Å². The molecule has 33 heavy (non-hydrogen) atoms. The number of benzene rings is 2. The Labute approximate surface area is 199 Å². The number of methoxy groups -OCH3 is 1. The Kier molecular flexibility index (Phi) is 9.04. The van der Waals surface area contributed by atoms with E-state index in [1.54, 1.807) is 26.4 Å². The van der Waals surface area contributed by atoms with Gasteiger partial charge in [-0.15, -0.1) is 0 Å². The van der Waals surface area contributed by atoms with Crippen molar-refractivity contribution >= 4 is 23.4 Å². The van der Waals surface area contributed by atoms with Gasteiger partial charge in [-0.3, -0.25) is 4.98 Å². The zero-order valence-electron chi connectivity index (χ0n) is 19.1. The van der Waals surface area contributed by atoms with Crippen LogP contribution in [0.5, 0.6) is 5.75 Å². The van der Waals surface area contributed by atoms with Crippen LogP contribution in [-0.2, 0) is 20.8 Å². The summed E-state index contributed by atoms with van der Waals surface area (Å²) in [5.74, 6) is 1.02. The van der Waals surface area contributed by atoms with Gasteiger partial charge in [-0.2, -0.15) is 0 Å². The maximum Gasteiger partial charge on any atom is 0.344 e. The van der Waals surface area contributed by atoms with E-state index in [1.165, 1.54) is 0 Å². The number of carbonyl (C=O) groups is 1. The highest BCUT2D eigenvalue weighted by Gasteiger charge is 2.13. The topological polar surface area (TPSA) is 73.8 Å². The Balaban J connectivity index is 1.77. The molecule has 1 aromatic heterocycles. The van der Waals surface area contributed by atoms with Gasteiger partial charge in [0.2, 0.25) is 0 Å². The van der Waals surface area contributed by atoms with Crippen LogP contribution in [0.4, 0.5) is 5.82 Å². The lowest BCUT2D eigenvalue weighted by molar-refractivity contribution is -0.145. The predicted octanol–water partition coefficient (Wildman–Crippen LogP) is 4.70. The van der Waals surface area contributed by atoms with Crippen LogP contribution in [-0.4, -0.2) is 49.4 Å². The van der Waals surface area contributed by atoms with E-state index in [0.29, 0.717) is 37.1 Å². The predicted molar refractivity (Wildman–Crippen MR) is 129 cm³/mol. The summed E-state index contributed by atoms with van der Waals surface area (Å²) in [6.45, 7) is 5.75. The van der Waals surface area contributed by atoms with Crippen LogP contribution in [0.25, 0.3) is 11.3 Å². The molecule has 0 atom stereocenters. The standard InChI is InChI=1S/C25H28ClN3O4/c1-4-32-25(30)17-33-23-10-5-19(13-18(23)2)16-29(11-12-31-3)24-15-27-14-22(28-24)20-6-8-21(26)9-7-20/h5-10,13-15H,4,11-12,16-17H2,1-3H3. The lowest BCUT2D eigenvalue weighted by atomic mass is 10.1. The summed E-state index contributed by atoms with van der Waals surface area (Å²) in [5.41, 5.74) is 3.72. The van der Waals surface area contributed by atoms with E-state index < -0.39 is 0 Å². The van der Waals surface area contributed by atoms with Crippen molar-refractivity contribution in [1.29, 1.82) is 0 Å². The zero-order chi connectivity index (χ0) is 23.6. The quantitative estimate of drug-likeness (QED) is 0.377. The van der Waals surface area contributed by atoms with Crippen molar-refractivity contribution in [2.75, 3.05) is 38.4 Å². The first-order valence-electron chi connectivity index (χ1n) is 10.7. The van der Waals surface area contributed by atoms with E-state index in [0.717, 1.165) is 28.2 Å². The third-order valence-corrected chi connectivity index (χ3v) is 5.17. The summed E-state index contributed by atoms with van der Waals surface area (Å²) in [6, 6.07) is 13.4. The fraction of sp³-hybridized carbons (Fsp3) is 0.320. The average Bonchev–Trinajstić information content (AvgIpc) is 2.82. The van der Waals surface area contributed by atoms with Crippen LogP contribution >= 0.6 is 11.6 Å². The number of anilines is 1. The number of esters is 1. The Hall–Kier alpha value is -3.16. The Bertz CT molecular complexity index is 1060. The van der Waals surface area contributed by atoms with E-state index in [9.17, 15) is 4.79 Å². The van der Waals surface area contributed by atoms with Gasteiger partial charge in [-0.25, -0.2) is 9.78 Å². The normalized spacial score (nSPS) is 10.7. The molecular weight excluding hydrogens is 442 g/mol. The number of halogens is 1. The molecule has 0 bridgehead atoms. The molecule has 8 heteroatoms. The van der Waals surface area contributed by atoms with E-state index >= 15 is 0 Å². The average molecular weight is 470 g/mol. The van der Waals surface area contributed by atoms with Gasteiger partial charge in [-0.1, -0.05) is 35.9 Å². The molecule has 1 heterocycles. The van der Waals surface area contributed by atoms with Crippen LogP contribution in [0, 0.1) is 6.92 Å². The van der Waals surface area contributed by atoms with Gasteiger partial charge in [0.1, 0.15) is 11.6 Å². The van der Waals surface area contributed by atoms with Crippen molar-refractivity contribution in [1.82, 2.24) is 9.97 Å². The molecule has 0 N–H and O–H groups in total. The molecule has 2 aromatic carbocycles. The van der Waals surface area contributed by atoms with Gasteiger partial charge < -0.3 is 19.1 Å². The maximum atomic E-state index is 11.6. The number of rotatable bonds is 11. The van der Waals surface area contributed by atoms with Crippen molar-refractivity contribution in [2.24, 2.45) is 0 Å². The molecule has 0 saturated heterocycles. The van der Waals surface area contributed by atoms with Crippen LogP contribution in [0.15, 0.2) is 54.9 Å². The lowest BCUT2D eigenvalue weighted by Crippen LogP contribution is -2.28. The second kappa shape index (κ2) is 12.2. The number of carbonyl (C=O) groups excluding carboxylic acids is 1. The summed E-state index contributed by atoms with van der Waals surface area (Å²) < 4.78 is 15.8. The third-order valence-electron chi connectivity index (χ3n) is 4.91. The number of ether oxygens (including phenoxy) is 3. The second-order valence-corrected chi connectivity index (χ2v) is 7.81. The molecule has 0 amide bonds. The molecule has 0 aliphatic rings. The van der Waals surface area contributed by atoms with Crippen LogP contribution < -0.4 is 9.64 Å². The largest absolute Gasteiger partial charge is 0.482 e. The minimum Gasteiger partial charge on any atom is -0.482 e. The SMILES string of the molecule is CCOC(=O)COc1ccc(CN(CCOC)c2cncc(-c3ccc(Cl)cc3)n2)cc1C. The van der Waals surface area contributed by atoms with Gasteiger partial charge in [0.25, 0.3) is 0 Å². The summed E-state index contributed by atoms with van der Waals surface area (Å²) in [5, 5.41) is 0.676. The Morgan fingerprint density at radius 1 is 1.12 bits per heavy atom. The highest BCUT2D eigenvalue weighted by Crippen LogP contribution is 2.24. The van der Waals surface area contributed by atoms with Crippen molar-refractivity contribution < 1.29 is 19.0 Å². The highest BCUT2D eigenvalue weighted by molar-refractivity contribution is 6.30. The molecule has 0 fully saturated rings. The first-order chi connectivity index (χ1) is 16.0. The molecular formula is C25H28ClN3O4. The van der Waals surface area contributed by atoms with Crippen LogP contribution in [0.1, 0.15) is 18.1 Å². The van der Waals surface area contributed by atoms with Crippen molar-refractivity contribution in [3.05, 3.63) is 71.0 Å². The molecule has 3 rings (SSSR count). The van der Waals surface area contributed by atoms with Gasteiger partial charge in [0.05, 0.1) is 31.3 Å². The smallest absolute Gasteiger partial charge is 0.344 e. The number of nitrogens with zero attached hydrogens (tertiary/aromatic N) is 3. The summed E-state index contributed by atoms with van der Waals surface area (Å²) in [6.07, 6.45) is 3.49. The summed E-state index contributed by atoms with van der Waals surface area (Å²) in [4.78, 5) is 22.9. The highest BCUT2D eigenvalue weighted by atomic mass is 35.5. The van der Waals surface area contributed by atoms with Gasteiger partial charge in [0, 0.05) is 30.8 Å². The van der Waals surface area contributed by atoms with E-state index in [1.807, 2.05) is 49.4 Å². The fourth-order valence-corrected chi connectivity index (χ4v) is 3.40. The second-order valence-electron chi connectivity index (χ2n) is 7.38. The molecule has 0 aliphatic carbocycles.